The molecule has 1 atom stereocenters. The van der Waals surface area contributed by atoms with Crippen molar-refractivity contribution in [2.75, 3.05) is 0 Å². The summed E-state index contributed by atoms with van der Waals surface area (Å²) >= 11 is 12.6. The van der Waals surface area contributed by atoms with Crippen molar-refractivity contribution < 1.29 is 9.50 Å². The van der Waals surface area contributed by atoms with Crippen LogP contribution in [0.3, 0.4) is 0 Å². The number of aliphatic hydroxyl groups is 1. The highest BCUT2D eigenvalue weighted by Gasteiger charge is 2.13. The average molecular weight is 408 g/mol. The summed E-state index contributed by atoms with van der Waals surface area (Å²) in [5, 5.41) is 10.8. The van der Waals surface area contributed by atoms with Crippen LogP contribution in [0.15, 0.2) is 45.3 Å². The molecular formula is C14H10Br2ClFO. The van der Waals surface area contributed by atoms with Crippen LogP contribution in [0.1, 0.15) is 17.2 Å². The van der Waals surface area contributed by atoms with E-state index in [-0.39, 0.29) is 5.82 Å². The van der Waals surface area contributed by atoms with E-state index in [1.54, 1.807) is 24.3 Å². The first-order valence-corrected chi connectivity index (χ1v) is 7.50. The molecule has 0 saturated carbocycles. The molecule has 0 radical (unpaired) electrons. The summed E-state index contributed by atoms with van der Waals surface area (Å²) in [4.78, 5) is 0. The summed E-state index contributed by atoms with van der Waals surface area (Å²) < 4.78 is 14.8. The Hall–Kier alpha value is -0.420. The zero-order chi connectivity index (χ0) is 14.0. The molecular weight excluding hydrogens is 398 g/mol. The summed E-state index contributed by atoms with van der Waals surface area (Å²) in [6.07, 6.45) is -0.432. The molecule has 5 heteroatoms. The highest BCUT2D eigenvalue weighted by atomic mass is 79.9. The molecule has 0 heterocycles. The van der Waals surface area contributed by atoms with Crippen LogP contribution >= 0.6 is 43.5 Å². The first-order valence-electron chi connectivity index (χ1n) is 5.53. The van der Waals surface area contributed by atoms with E-state index in [9.17, 15) is 9.50 Å². The van der Waals surface area contributed by atoms with Crippen molar-refractivity contribution in [1.82, 2.24) is 0 Å². The third-order valence-corrected chi connectivity index (χ3v) is 4.14. The number of aliphatic hydroxyl groups excluding tert-OH is 1. The summed E-state index contributed by atoms with van der Waals surface area (Å²) in [5.41, 5.74) is 1.40. The Morgan fingerprint density at radius 2 is 1.89 bits per heavy atom. The van der Waals surface area contributed by atoms with Crippen LogP contribution in [0.5, 0.6) is 0 Å². The third kappa shape index (κ3) is 4.02. The van der Waals surface area contributed by atoms with E-state index in [1.165, 1.54) is 12.1 Å². The Morgan fingerprint density at radius 1 is 1.16 bits per heavy atom. The van der Waals surface area contributed by atoms with Crippen molar-refractivity contribution in [1.29, 1.82) is 0 Å². The molecule has 0 amide bonds. The fraction of sp³-hybridized carbons (Fsp3) is 0.143. The Kier molecular flexibility index (Phi) is 5.01. The van der Waals surface area contributed by atoms with Crippen LogP contribution in [-0.4, -0.2) is 5.11 Å². The van der Waals surface area contributed by atoms with Crippen LogP contribution in [0.4, 0.5) is 4.39 Å². The molecule has 0 aliphatic rings. The van der Waals surface area contributed by atoms with Gasteiger partial charge in [-0.15, -0.1) is 0 Å². The van der Waals surface area contributed by atoms with Crippen molar-refractivity contribution in [3.63, 3.8) is 0 Å². The molecule has 100 valence electrons. The number of halogens is 4. The monoisotopic (exact) mass is 406 g/mol. The highest BCUT2D eigenvalue weighted by Crippen LogP contribution is 2.28. The zero-order valence-corrected chi connectivity index (χ0v) is 13.6. The van der Waals surface area contributed by atoms with Gasteiger partial charge in [-0.2, -0.15) is 0 Å². The molecule has 0 saturated heterocycles. The molecule has 0 aliphatic heterocycles. The lowest BCUT2D eigenvalue weighted by Crippen LogP contribution is -2.03. The second-order valence-corrected chi connectivity index (χ2v) is 6.36. The van der Waals surface area contributed by atoms with Crippen molar-refractivity contribution in [2.45, 2.75) is 12.5 Å². The summed E-state index contributed by atoms with van der Waals surface area (Å²) in [7, 11) is 0. The van der Waals surface area contributed by atoms with Gasteiger partial charge in [-0.1, -0.05) is 43.5 Å². The predicted octanol–water partition coefficient (Wildman–Crippen LogP) is 5.28. The van der Waals surface area contributed by atoms with Gasteiger partial charge >= 0.3 is 0 Å². The third-order valence-electron chi connectivity index (χ3n) is 2.69. The summed E-state index contributed by atoms with van der Waals surface area (Å²) in [6, 6.07) is 9.65. The van der Waals surface area contributed by atoms with Crippen LogP contribution in [0.2, 0.25) is 5.02 Å². The molecule has 0 fully saturated rings. The zero-order valence-electron chi connectivity index (χ0n) is 9.71. The van der Waals surface area contributed by atoms with Gasteiger partial charge in [-0.25, -0.2) is 4.39 Å². The minimum atomic E-state index is -0.742. The van der Waals surface area contributed by atoms with Gasteiger partial charge in [0.1, 0.15) is 5.82 Å². The van der Waals surface area contributed by atoms with Crippen molar-refractivity contribution in [3.8, 4) is 0 Å². The van der Waals surface area contributed by atoms with Gasteiger partial charge in [0.2, 0.25) is 0 Å². The van der Waals surface area contributed by atoms with Crippen LogP contribution < -0.4 is 0 Å². The summed E-state index contributed by atoms with van der Waals surface area (Å²) in [6.45, 7) is 0. The minimum Gasteiger partial charge on any atom is -0.388 e. The lowest BCUT2D eigenvalue weighted by atomic mass is 10.0. The van der Waals surface area contributed by atoms with E-state index in [0.717, 1.165) is 8.95 Å². The molecule has 2 rings (SSSR count). The molecule has 1 nitrogen and oxygen atoms in total. The number of benzene rings is 2. The quantitative estimate of drug-likeness (QED) is 0.733. The number of hydrogen-bond acceptors (Lipinski definition) is 1. The van der Waals surface area contributed by atoms with Crippen molar-refractivity contribution in [3.05, 3.63) is 67.3 Å². The van der Waals surface area contributed by atoms with Crippen LogP contribution in [0, 0.1) is 5.82 Å². The Morgan fingerprint density at radius 3 is 2.58 bits per heavy atom. The number of hydrogen-bond donors (Lipinski definition) is 1. The molecule has 0 bridgehead atoms. The SMILES string of the molecule is OC(Cc1cc(F)ccc1Br)c1cc(Cl)cc(Br)c1. The molecule has 2 aromatic rings. The van der Waals surface area contributed by atoms with E-state index in [0.29, 0.717) is 22.6 Å². The second-order valence-electron chi connectivity index (χ2n) is 4.16. The molecule has 1 N–H and O–H groups in total. The molecule has 1 unspecified atom stereocenters. The van der Waals surface area contributed by atoms with E-state index in [2.05, 4.69) is 31.9 Å². The topological polar surface area (TPSA) is 20.2 Å². The normalized spacial score (nSPS) is 12.5. The molecule has 0 spiro atoms. The standard InChI is InChI=1S/C14H10Br2ClFO/c15-10-3-9(4-11(17)7-10)14(19)6-8-5-12(18)1-2-13(8)16/h1-5,7,14,19H,6H2. The fourth-order valence-corrected chi connectivity index (χ4v) is 3.09. The van der Waals surface area contributed by atoms with Gasteiger partial charge in [-0.3, -0.25) is 0 Å². The van der Waals surface area contributed by atoms with E-state index in [4.69, 9.17) is 11.6 Å². The van der Waals surface area contributed by atoms with E-state index >= 15 is 0 Å². The molecule has 2 aromatic carbocycles. The smallest absolute Gasteiger partial charge is 0.123 e. The van der Waals surface area contributed by atoms with E-state index < -0.39 is 6.10 Å². The molecule has 0 aliphatic carbocycles. The first-order chi connectivity index (χ1) is 8.95. The average Bonchev–Trinajstić information content (AvgIpc) is 2.32. The minimum absolute atomic E-state index is 0.311. The second kappa shape index (κ2) is 6.35. The predicted molar refractivity (Wildman–Crippen MR) is 81.9 cm³/mol. The van der Waals surface area contributed by atoms with Crippen LogP contribution in [0.25, 0.3) is 0 Å². The van der Waals surface area contributed by atoms with Crippen molar-refractivity contribution in [2.24, 2.45) is 0 Å². The maximum Gasteiger partial charge on any atom is 0.123 e. The Bertz CT molecular complexity index is 584. The Labute approximate surface area is 132 Å². The van der Waals surface area contributed by atoms with Gasteiger partial charge < -0.3 is 5.11 Å². The number of rotatable bonds is 3. The van der Waals surface area contributed by atoms with Gasteiger partial charge in [0.05, 0.1) is 6.10 Å². The lowest BCUT2D eigenvalue weighted by molar-refractivity contribution is 0.178. The van der Waals surface area contributed by atoms with E-state index in [1.807, 2.05) is 0 Å². The highest BCUT2D eigenvalue weighted by molar-refractivity contribution is 9.10. The molecule has 19 heavy (non-hydrogen) atoms. The maximum absolute atomic E-state index is 13.2. The summed E-state index contributed by atoms with van der Waals surface area (Å²) in [5.74, 6) is -0.322. The van der Waals surface area contributed by atoms with Gasteiger partial charge in [-0.05, 0) is 47.5 Å². The molecule has 0 aromatic heterocycles. The maximum atomic E-state index is 13.2. The van der Waals surface area contributed by atoms with Crippen LogP contribution in [-0.2, 0) is 6.42 Å². The largest absolute Gasteiger partial charge is 0.388 e. The lowest BCUT2D eigenvalue weighted by Gasteiger charge is -2.13. The van der Waals surface area contributed by atoms with Gasteiger partial charge in [0.15, 0.2) is 0 Å². The van der Waals surface area contributed by atoms with Gasteiger partial charge in [0.25, 0.3) is 0 Å². The van der Waals surface area contributed by atoms with Gasteiger partial charge in [0, 0.05) is 20.4 Å². The first kappa shape index (κ1) is 15.0. The fourth-order valence-electron chi connectivity index (χ4n) is 1.79. The van der Waals surface area contributed by atoms with Crippen molar-refractivity contribution >= 4 is 43.5 Å². The Balaban J connectivity index is 2.25.